The fourth-order valence-electron chi connectivity index (χ4n) is 2.54. The molecule has 18 heavy (non-hydrogen) atoms. The summed E-state index contributed by atoms with van der Waals surface area (Å²) in [5.41, 5.74) is 0.123. The van der Waals surface area contributed by atoms with Crippen LogP contribution in [0.2, 0.25) is 0 Å². The second kappa shape index (κ2) is 5.22. The minimum Gasteiger partial charge on any atom is -0.497 e. The highest BCUT2D eigenvalue weighted by Crippen LogP contribution is 2.43. The number of rotatable bonds is 5. The first-order valence-electron chi connectivity index (χ1n) is 6.28. The van der Waals surface area contributed by atoms with Crippen LogP contribution in [0.5, 0.6) is 5.75 Å². The molecule has 0 bridgehead atoms. The molecule has 0 amide bonds. The van der Waals surface area contributed by atoms with Gasteiger partial charge in [-0.25, -0.2) is 8.78 Å². The number of nitrogens with one attached hydrogen (secondary N) is 1. The number of benzene rings is 1. The predicted octanol–water partition coefficient (Wildman–Crippen LogP) is 3.28. The molecule has 0 radical (unpaired) electrons. The molecule has 2 nitrogen and oxygen atoms in total. The lowest BCUT2D eigenvalue weighted by molar-refractivity contribution is 0.343. The molecule has 1 aliphatic rings. The molecule has 0 aliphatic heterocycles. The number of methoxy groups -OCH3 is 1. The van der Waals surface area contributed by atoms with Crippen LogP contribution in [0.4, 0.5) is 8.78 Å². The van der Waals surface area contributed by atoms with Gasteiger partial charge in [-0.3, -0.25) is 0 Å². The first-order valence-corrected chi connectivity index (χ1v) is 6.28. The summed E-state index contributed by atoms with van der Waals surface area (Å²) in [6.07, 6.45) is 2.30. The molecule has 1 aromatic carbocycles. The van der Waals surface area contributed by atoms with Crippen molar-refractivity contribution in [2.45, 2.75) is 25.8 Å². The van der Waals surface area contributed by atoms with Crippen LogP contribution in [-0.4, -0.2) is 14.2 Å². The van der Waals surface area contributed by atoms with Gasteiger partial charge in [0, 0.05) is 23.7 Å². The molecular formula is C14H19F2NO. The molecule has 4 heteroatoms. The van der Waals surface area contributed by atoms with E-state index in [1.807, 2.05) is 6.92 Å². The van der Waals surface area contributed by atoms with Crippen molar-refractivity contribution < 1.29 is 13.5 Å². The second-order valence-electron chi connectivity index (χ2n) is 4.97. The van der Waals surface area contributed by atoms with Gasteiger partial charge < -0.3 is 10.1 Å². The third-order valence-corrected chi connectivity index (χ3v) is 3.80. The summed E-state index contributed by atoms with van der Waals surface area (Å²) in [4.78, 5) is 0. The maximum Gasteiger partial charge on any atom is 0.134 e. The molecule has 2 atom stereocenters. The monoisotopic (exact) mass is 255 g/mol. The van der Waals surface area contributed by atoms with Gasteiger partial charge in [-0.2, -0.15) is 0 Å². The van der Waals surface area contributed by atoms with E-state index in [0.29, 0.717) is 5.92 Å². The Bertz CT molecular complexity index is 409. The van der Waals surface area contributed by atoms with Crippen LogP contribution in [0, 0.1) is 23.5 Å². The Labute approximate surface area is 106 Å². The summed E-state index contributed by atoms with van der Waals surface area (Å²) in [6, 6.07) is 2.19. The Morgan fingerprint density at radius 2 is 1.83 bits per heavy atom. The molecule has 1 fully saturated rings. The largest absolute Gasteiger partial charge is 0.497 e. The molecule has 0 saturated heterocycles. The van der Waals surface area contributed by atoms with E-state index in [0.717, 1.165) is 12.8 Å². The maximum absolute atomic E-state index is 14.0. The van der Waals surface area contributed by atoms with E-state index >= 15 is 0 Å². The van der Waals surface area contributed by atoms with Crippen LogP contribution in [-0.2, 0) is 0 Å². The van der Waals surface area contributed by atoms with Crippen LogP contribution in [0.3, 0.4) is 0 Å². The zero-order valence-electron chi connectivity index (χ0n) is 11.0. The van der Waals surface area contributed by atoms with E-state index in [2.05, 4.69) is 5.32 Å². The van der Waals surface area contributed by atoms with Crippen molar-refractivity contribution >= 4 is 0 Å². The number of halogens is 2. The van der Waals surface area contributed by atoms with Crippen LogP contribution in [0.15, 0.2) is 12.1 Å². The van der Waals surface area contributed by atoms with Gasteiger partial charge in [0.1, 0.15) is 17.4 Å². The van der Waals surface area contributed by atoms with Gasteiger partial charge in [-0.15, -0.1) is 0 Å². The van der Waals surface area contributed by atoms with E-state index in [1.54, 1.807) is 7.05 Å². The summed E-state index contributed by atoms with van der Waals surface area (Å²) in [6.45, 7) is 2.04. The lowest BCUT2D eigenvalue weighted by atomic mass is 9.90. The third kappa shape index (κ3) is 2.48. The highest BCUT2D eigenvalue weighted by molar-refractivity contribution is 5.33. The van der Waals surface area contributed by atoms with Gasteiger partial charge >= 0.3 is 0 Å². The molecule has 2 unspecified atom stereocenters. The average molecular weight is 255 g/mol. The molecule has 0 spiro atoms. The van der Waals surface area contributed by atoms with Gasteiger partial charge in [0.15, 0.2) is 0 Å². The van der Waals surface area contributed by atoms with Crippen molar-refractivity contribution in [3.05, 3.63) is 29.3 Å². The standard InChI is InChI=1S/C14H19F2NO/c1-8(9-4-5-9)14(17-2)13-11(15)6-10(18-3)7-12(13)16/h6-9,14,17H,4-5H2,1-3H3. The minimum atomic E-state index is -0.543. The van der Waals surface area contributed by atoms with Crippen molar-refractivity contribution in [2.75, 3.05) is 14.2 Å². The van der Waals surface area contributed by atoms with Gasteiger partial charge in [-0.05, 0) is 31.7 Å². The zero-order chi connectivity index (χ0) is 13.3. The maximum atomic E-state index is 14.0. The first kappa shape index (κ1) is 13.3. The minimum absolute atomic E-state index is 0.123. The molecule has 100 valence electrons. The molecular weight excluding hydrogens is 236 g/mol. The smallest absolute Gasteiger partial charge is 0.134 e. The summed E-state index contributed by atoms with van der Waals surface area (Å²) < 4.78 is 32.9. The van der Waals surface area contributed by atoms with Crippen molar-refractivity contribution in [1.82, 2.24) is 5.32 Å². The number of hydrogen-bond acceptors (Lipinski definition) is 2. The van der Waals surface area contributed by atoms with Crippen molar-refractivity contribution in [1.29, 1.82) is 0 Å². The van der Waals surface area contributed by atoms with E-state index in [1.165, 1.54) is 19.2 Å². The lowest BCUT2D eigenvalue weighted by Crippen LogP contribution is -2.26. The van der Waals surface area contributed by atoms with Crippen molar-refractivity contribution in [3.63, 3.8) is 0 Å². The van der Waals surface area contributed by atoms with Crippen LogP contribution in [0.25, 0.3) is 0 Å². The Morgan fingerprint density at radius 1 is 1.28 bits per heavy atom. The van der Waals surface area contributed by atoms with Gasteiger partial charge in [0.25, 0.3) is 0 Å². The fraction of sp³-hybridized carbons (Fsp3) is 0.571. The predicted molar refractivity (Wildman–Crippen MR) is 66.6 cm³/mol. The Morgan fingerprint density at radius 3 is 2.22 bits per heavy atom. The normalized spacial score (nSPS) is 18.5. The van der Waals surface area contributed by atoms with E-state index < -0.39 is 11.6 Å². The Hall–Kier alpha value is -1.16. The van der Waals surface area contributed by atoms with Crippen LogP contribution in [0.1, 0.15) is 31.4 Å². The van der Waals surface area contributed by atoms with Gasteiger partial charge in [-0.1, -0.05) is 6.92 Å². The molecule has 1 N–H and O–H groups in total. The molecule has 1 aliphatic carbocycles. The topological polar surface area (TPSA) is 21.3 Å². The highest BCUT2D eigenvalue weighted by atomic mass is 19.1. The van der Waals surface area contributed by atoms with Gasteiger partial charge in [0.05, 0.1) is 7.11 Å². The number of ether oxygens (including phenoxy) is 1. The third-order valence-electron chi connectivity index (χ3n) is 3.80. The van der Waals surface area contributed by atoms with Crippen molar-refractivity contribution in [2.24, 2.45) is 11.8 Å². The Balaban J connectivity index is 2.35. The van der Waals surface area contributed by atoms with Crippen LogP contribution >= 0.6 is 0 Å². The summed E-state index contributed by atoms with van der Waals surface area (Å²) >= 11 is 0. The van der Waals surface area contributed by atoms with Crippen LogP contribution < -0.4 is 10.1 Å². The van der Waals surface area contributed by atoms with Crippen molar-refractivity contribution in [3.8, 4) is 5.75 Å². The number of hydrogen-bond donors (Lipinski definition) is 1. The average Bonchev–Trinajstić information content (AvgIpc) is 3.16. The van der Waals surface area contributed by atoms with E-state index in [9.17, 15) is 8.78 Å². The van der Waals surface area contributed by atoms with E-state index in [4.69, 9.17) is 4.74 Å². The van der Waals surface area contributed by atoms with E-state index in [-0.39, 0.29) is 23.3 Å². The lowest BCUT2D eigenvalue weighted by Gasteiger charge is -2.25. The molecule has 0 aromatic heterocycles. The first-order chi connectivity index (χ1) is 8.58. The molecule has 1 saturated carbocycles. The quantitative estimate of drug-likeness (QED) is 0.871. The molecule has 2 rings (SSSR count). The van der Waals surface area contributed by atoms with Gasteiger partial charge in [0.2, 0.25) is 0 Å². The zero-order valence-corrected chi connectivity index (χ0v) is 11.0. The summed E-state index contributed by atoms with van der Waals surface area (Å²) in [7, 11) is 3.14. The Kier molecular flexibility index (Phi) is 3.85. The highest BCUT2D eigenvalue weighted by Gasteiger charge is 2.35. The summed E-state index contributed by atoms with van der Waals surface area (Å²) in [5, 5.41) is 3.04. The molecule has 1 aromatic rings. The second-order valence-corrected chi connectivity index (χ2v) is 4.97. The summed E-state index contributed by atoms with van der Waals surface area (Å²) in [5.74, 6) is -0.0733. The SMILES string of the molecule is CNC(c1c(F)cc(OC)cc1F)C(C)C1CC1. The fourth-order valence-corrected chi connectivity index (χ4v) is 2.54. The molecule has 0 heterocycles.